The monoisotopic (exact) mass is 393 g/mol. The van der Waals surface area contributed by atoms with E-state index < -0.39 is 4.92 Å². The van der Waals surface area contributed by atoms with E-state index in [1.54, 1.807) is 18.3 Å². The Balaban J connectivity index is 1.66. The van der Waals surface area contributed by atoms with Gasteiger partial charge in [0.05, 0.1) is 4.92 Å². The standard InChI is InChI=1S/C21H23N5O3/c1-15(14-25-11-10-22-16(25)2)13-23-21(27)17-8-9-19(20(12-17)26(28)29)24-18-6-4-3-5-7-18/h3-12,15,24H,13-14H2,1-2H3,(H,23,27). The lowest BCUT2D eigenvalue weighted by molar-refractivity contribution is -0.383. The van der Waals surface area contributed by atoms with Crippen molar-refractivity contribution in [2.24, 2.45) is 5.92 Å². The van der Waals surface area contributed by atoms with Crippen LogP contribution in [0.2, 0.25) is 0 Å². The Kier molecular flexibility index (Phi) is 6.23. The van der Waals surface area contributed by atoms with Gasteiger partial charge >= 0.3 is 0 Å². The molecule has 1 aromatic heterocycles. The second-order valence-corrected chi connectivity index (χ2v) is 6.92. The number of anilines is 2. The fraction of sp³-hybridized carbons (Fsp3) is 0.238. The third kappa shape index (κ3) is 5.19. The molecule has 1 atom stereocenters. The Morgan fingerprint density at radius 1 is 1.24 bits per heavy atom. The van der Waals surface area contributed by atoms with Crippen molar-refractivity contribution in [3.8, 4) is 0 Å². The molecule has 3 rings (SSSR count). The fourth-order valence-electron chi connectivity index (χ4n) is 2.97. The second kappa shape index (κ2) is 9.01. The molecule has 0 saturated carbocycles. The van der Waals surface area contributed by atoms with Gasteiger partial charge in [-0.25, -0.2) is 4.98 Å². The second-order valence-electron chi connectivity index (χ2n) is 6.92. The van der Waals surface area contributed by atoms with Gasteiger partial charge in [-0.3, -0.25) is 14.9 Å². The molecule has 0 fully saturated rings. The number of aryl methyl sites for hydroxylation is 1. The maximum Gasteiger partial charge on any atom is 0.293 e. The molecule has 150 valence electrons. The quantitative estimate of drug-likeness (QED) is 0.446. The van der Waals surface area contributed by atoms with Crippen molar-refractivity contribution in [1.29, 1.82) is 0 Å². The van der Waals surface area contributed by atoms with Gasteiger partial charge in [-0.15, -0.1) is 0 Å². The molecular weight excluding hydrogens is 370 g/mol. The molecule has 8 heteroatoms. The molecule has 1 unspecified atom stereocenters. The summed E-state index contributed by atoms with van der Waals surface area (Å²) in [6.45, 7) is 5.13. The summed E-state index contributed by atoms with van der Waals surface area (Å²) in [5.41, 5.74) is 1.17. The van der Waals surface area contributed by atoms with E-state index in [2.05, 4.69) is 15.6 Å². The van der Waals surface area contributed by atoms with Crippen LogP contribution in [0.5, 0.6) is 0 Å². The average molecular weight is 393 g/mol. The molecular formula is C21H23N5O3. The van der Waals surface area contributed by atoms with Crippen LogP contribution in [-0.4, -0.2) is 26.9 Å². The Hall–Kier alpha value is -3.68. The molecule has 0 aliphatic rings. The fourth-order valence-corrected chi connectivity index (χ4v) is 2.97. The molecule has 0 radical (unpaired) electrons. The molecule has 1 heterocycles. The number of nitro benzene ring substituents is 1. The summed E-state index contributed by atoms with van der Waals surface area (Å²) in [7, 11) is 0. The molecule has 2 N–H and O–H groups in total. The highest BCUT2D eigenvalue weighted by molar-refractivity contribution is 5.95. The third-order valence-corrected chi connectivity index (χ3v) is 4.55. The van der Waals surface area contributed by atoms with Crippen molar-refractivity contribution < 1.29 is 9.72 Å². The van der Waals surface area contributed by atoms with Crippen LogP contribution in [0.1, 0.15) is 23.1 Å². The van der Waals surface area contributed by atoms with Gasteiger partial charge in [0.1, 0.15) is 11.5 Å². The molecule has 1 amide bonds. The number of amides is 1. The number of nitrogens with zero attached hydrogens (tertiary/aromatic N) is 3. The van der Waals surface area contributed by atoms with E-state index in [1.165, 1.54) is 6.07 Å². The number of nitro groups is 1. The zero-order valence-electron chi connectivity index (χ0n) is 16.3. The van der Waals surface area contributed by atoms with E-state index in [4.69, 9.17) is 0 Å². The Labute approximate surface area is 168 Å². The predicted octanol–water partition coefficient (Wildman–Crippen LogP) is 3.91. The van der Waals surface area contributed by atoms with Crippen LogP contribution in [0, 0.1) is 23.0 Å². The van der Waals surface area contributed by atoms with Crippen molar-refractivity contribution in [3.63, 3.8) is 0 Å². The van der Waals surface area contributed by atoms with E-state index in [0.29, 0.717) is 12.2 Å². The van der Waals surface area contributed by atoms with Gasteiger partial charge in [-0.1, -0.05) is 25.1 Å². The van der Waals surface area contributed by atoms with Gasteiger partial charge < -0.3 is 15.2 Å². The number of nitrogens with one attached hydrogen (secondary N) is 2. The first-order valence-corrected chi connectivity index (χ1v) is 9.30. The normalized spacial score (nSPS) is 11.7. The van der Waals surface area contributed by atoms with Crippen LogP contribution in [0.4, 0.5) is 17.1 Å². The topological polar surface area (TPSA) is 102 Å². The van der Waals surface area contributed by atoms with Crippen molar-refractivity contribution in [2.45, 2.75) is 20.4 Å². The maximum atomic E-state index is 12.5. The summed E-state index contributed by atoms with van der Waals surface area (Å²) in [4.78, 5) is 27.7. The van der Waals surface area contributed by atoms with Crippen molar-refractivity contribution >= 4 is 23.0 Å². The Morgan fingerprint density at radius 2 is 2.00 bits per heavy atom. The van der Waals surface area contributed by atoms with Crippen LogP contribution in [-0.2, 0) is 6.54 Å². The van der Waals surface area contributed by atoms with Gasteiger partial charge in [0.25, 0.3) is 11.6 Å². The smallest absolute Gasteiger partial charge is 0.293 e. The van der Waals surface area contributed by atoms with Crippen LogP contribution in [0.25, 0.3) is 0 Å². The van der Waals surface area contributed by atoms with E-state index >= 15 is 0 Å². The number of benzene rings is 2. The molecule has 8 nitrogen and oxygen atoms in total. The molecule has 3 aromatic rings. The molecule has 0 saturated heterocycles. The number of imidazole rings is 1. The highest BCUT2D eigenvalue weighted by Crippen LogP contribution is 2.28. The summed E-state index contributed by atoms with van der Waals surface area (Å²) in [5, 5.41) is 17.4. The molecule has 29 heavy (non-hydrogen) atoms. The molecule has 0 spiro atoms. The van der Waals surface area contributed by atoms with Crippen LogP contribution in [0.3, 0.4) is 0 Å². The summed E-state index contributed by atoms with van der Waals surface area (Å²) in [6.07, 6.45) is 3.64. The van der Waals surface area contributed by atoms with E-state index in [0.717, 1.165) is 18.1 Å². The van der Waals surface area contributed by atoms with E-state index in [1.807, 2.05) is 54.9 Å². The average Bonchev–Trinajstić information content (AvgIpc) is 3.11. The first-order chi connectivity index (χ1) is 13.9. The Bertz CT molecular complexity index is 1000. The van der Waals surface area contributed by atoms with Gasteiger partial charge in [0.15, 0.2) is 0 Å². The maximum absolute atomic E-state index is 12.5. The van der Waals surface area contributed by atoms with Gasteiger partial charge in [-0.2, -0.15) is 0 Å². The van der Waals surface area contributed by atoms with Gasteiger partial charge in [0.2, 0.25) is 0 Å². The molecule has 0 aliphatic carbocycles. The molecule has 0 bridgehead atoms. The largest absolute Gasteiger partial charge is 0.352 e. The number of aromatic nitrogens is 2. The van der Waals surface area contributed by atoms with E-state index in [9.17, 15) is 14.9 Å². The minimum Gasteiger partial charge on any atom is -0.352 e. The molecule has 0 aliphatic heterocycles. The predicted molar refractivity (Wildman–Crippen MR) is 111 cm³/mol. The Morgan fingerprint density at radius 3 is 2.66 bits per heavy atom. The number of carbonyl (C=O) groups excluding carboxylic acids is 1. The van der Waals surface area contributed by atoms with Crippen molar-refractivity contribution in [1.82, 2.24) is 14.9 Å². The number of para-hydroxylation sites is 1. The first-order valence-electron chi connectivity index (χ1n) is 9.30. The lowest BCUT2D eigenvalue weighted by Crippen LogP contribution is -2.30. The zero-order valence-corrected chi connectivity index (χ0v) is 16.3. The number of rotatable bonds is 8. The minimum absolute atomic E-state index is 0.149. The van der Waals surface area contributed by atoms with Crippen molar-refractivity contribution in [3.05, 3.63) is 82.4 Å². The third-order valence-electron chi connectivity index (χ3n) is 4.55. The van der Waals surface area contributed by atoms with Crippen LogP contribution >= 0.6 is 0 Å². The number of hydrogen-bond donors (Lipinski definition) is 2. The molecule has 2 aromatic carbocycles. The summed E-state index contributed by atoms with van der Waals surface area (Å²) < 4.78 is 2.02. The van der Waals surface area contributed by atoms with Crippen molar-refractivity contribution in [2.75, 3.05) is 11.9 Å². The lowest BCUT2D eigenvalue weighted by atomic mass is 10.1. The van der Waals surface area contributed by atoms with Gasteiger partial charge in [-0.05, 0) is 37.1 Å². The summed E-state index contributed by atoms with van der Waals surface area (Å²) in [5.74, 6) is 0.759. The summed E-state index contributed by atoms with van der Waals surface area (Å²) >= 11 is 0. The number of carbonyl (C=O) groups is 1. The van der Waals surface area contributed by atoms with E-state index in [-0.39, 0.29) is 23.1 Å². The summed E-state index contributed by atoms with van der Waals surface area (Å²) in [6, 6.07) is 13.6. The highest BCUT2D eigenvalue weighted by Gasteiger charge is 2.18. The zero-order chi connectivity index (χ0) is 20.8. The number of hydrogen-bond acceptors (Lipinski definition) is 5. The van der Waals surface area contributed by atoms with Gasteiger partial charge in [0, 0.05) is 42.8 Å². The lowest BCUT2D eigenvalue weighted by Gasteiger charge is -2.15. The van der Waals surface area contributed by atoms with Crippen LogP contribution in [0.15, 0.2) is 60.9 Å². The van der Waals surface area contributed by atoms with Crippen LogP contribution < -0.4 is 10.6 Å². The SMILES string of the molecule is Cc1nccn1CC(C)CNC(=O)c1ccc(Nc2ccccc2)c([N+](=O)[O-])c1. The minimum atomic E-state index is -0.494. The highest BCUT2D eigenvalue weighted by atomic mass is 16.6. The first kappa shape index (κ1) is 20.1.